The number of hydrogen-bond acceptors (Lipinski definition) is 4. The Balaban J connectivity index is 1.98. The van der Waals surface area contributed by atoms with Crippen LogP contribution in [0, 0.1) is 0 Å². The van der Waals surface area contributed by atoms with Crippen molar-refractivity contribution in [3.8, 4) is 11.3 Å². The first-order chi connectivity index (χ1) is 12.0. The van der Waals surface area contributed by atoms with E-state index >= 15 is 0 Å². The van der Waals surface area contributed by atoms with E-state index in [0.717, 1.165) is 23.0 Å². The molecule has 7 heteroatoms. The Morgan fingerprint density at radius 3 is 2.80 bits per heavy atom. The Bertz CT molecular complexity index is 974. The molecule has 130 valence electrons. The maximum absolute atomic E-state index is 12.1. The molecule has 5 N–H and O–H groups in total. The fourth-order valence-electron chi connectivity index (χ4n) is 2.81. The lowest BCUT2D eigenvalue weighted by atomic mass is 10.1. The normalized spacial score (nSPS) is 11.3. The number of aromatic nitrogens is 2. The third kappa shape index (κ3) is 3.62. The summed E-state index contributed by atoms with van der Waals surface area (Å²) in [5.41, 5.74) is 8.23. The Hall–Kier alpha value is -2.90. The van der Waals surface area contributed by atoms with Crippen molar-refractivity contribution in [3.63, 3.8) is 0 Å². The molecule has 0 saturated carbocycles. The summed E-state index contributed by atoms with van der Waals surface area (Å²) in [4.78, 5) is 31.2. The summed E-state index contributed by atoms with van der Waals surface area (Å²) in [6.07, 6.45) is 1.31. The van der Waals surface area contributed by atoms with Crippen LogP contribution in [-0.2, 0) is 6.54 Å². The Labute approximate surface area is 144 Å². The Kier molecular flexibility index (Phi) is 4.69. The third-order valence-electron chi connectivity index (χ3n) is 4.10. The van der Waals surface area contributed by atoms with Gasteiger partial charge in [-0.25, -0.2) is 0 Å². The highest BCUT2D eigenvalue weighted by atomic mass is 16.3. The summed E-state index contributed by atoms with van der Waals surface area (Å²) in [5.74, 6) is -0.595. The number of aromatic amines is 2. The molecular formula is C18H20N4O3. The van der Waals surface area contributed by atoms with Gasteiger partial charge in [0.1, 0.15) is 0 Å². The molecule has 1 aromatic carbocycles. The molecule has 0 spiro atoms. The zero-order chi connectivity index (χ0) is 18.0. The van der Waals surface area contributed by atoms with E-state index in [1.807, 2.05) is 36.2 Å². The van der Waals surface area contributed by atoms with Crippen molar-refractivity contribution in [1.29, 1.82) is 0 Å². The molecule has 7 nitrogen and oxygen atoms in total. The summed E-state index contributed by atoms with van der Waals surface area (Å²) in [7, 11) is 1.94. The smallest absolute Gasteiger partial charge is 0.257 e. The quantitative estimate of drug-likeness (QED) is 0.537. The molecule has 0 aliphatic heterocycles. The van der Waals surface area contributed by atoms with Crippen LogP contribution < -0.4 is 11.3 Å². The lowest BCUT2D eigenvalue weighted by Crippen LogP contribution is -2.21. The van der Waals surface area contributed by atoms with Gasteiger partial charge in [-0.3, -0.25) is 14.5 Å². The number of benzene rings is 1. The maximum atomic E-state index is 12.1. The van der Waals surface area contributed by atoms with Crippen molar-refractivity contribution >= 4 is 16.8 Å². The summed E-state index contributed by atoms with van der Waals surface area (Å²) >= 11 is 0. The van der Waals surface area contributed by atoms with Gasteiger partial charge in [0.15, 0.2) is 0 Å². The molecule has 0 radical (unpaired) electrons. The molecule has 0 saturated heterocycles. The minimum Gasteiger partial charge on any atom is -0.395 e. The van der Waals surface area contributed by atoms with E-state index in [-0.39, 0.29) is 17.7 Å². The molecule has 3 aromatic rings. The van der Waals surface area contributed by atoms with Gasteiger partial charge in [0, 0.05) is 30.2 Å². The predicted octanol–water partition coefficient (Wildman–Crippen LogP) is 1.05. The number of pyridine rings is 1. The van der Waals surface area contributed by atoms with Gasteiger partial charge < -0.3 is 20.8 Å². The molecule has 2 heterocycles. The first-order valence-electron chi connectivity index (χ1n) is 7.92. The average molecular weight is 340 g/mol. The van der Waals surface area contributed by atoms with Crippen LogP contribution in [-0.4, -0.2) is 46.1 Å². The molecule has 25 heavy (non-hydrogen) atoms. The second-order valence-electron chi connectivity index (χ2n) is 6.06. The van der Waals surface area contributed by atoms with Gasteiger partial charge in [-0.2, -0.15) is 0 Å². The minimum absolute atomic E-state index is 0.117. The lowest BCUT2D eigenvalue weighted by molar-refractivity contribution is 0.1000. The van der Waals surface area contributed by atoms with Gasteiger partial charge in [-0.05, 0) is 36.9 Å². The molecule has 1 amide bonds. The Morgan fingerprint density at radius 2 is 2.08 bits per heavy atom. The molecule has 0 bridgehead atoms. The van der Waals surface area contributed by atoms with Gasteiger partial charge in [0.25, 0.3) is 5.56 Å². The number of nitrogens with zero attached hydrogens (tertiary/aromatic N) is 1. The van der Waals surface area contributed by atoms with Crippen LogP contribution in [0.4, 0.5) is 0 Å². The Morgan fingerprint density at radius 1 is 1.28 bits per heavy atom. The highest BCUT2D eigenvalue weighted by Crippen LogP contribution is 2.23. The number of hydrogen-bond donors (Lipinski definition) is 4. The number of aliphatic hydroxyl groups excluding tert-OH is 1. The standard InChI is InChI=1S/C18H20N4O3/c1-22(4-5-23)10-11-2-3-15-12(6-11)8-16(21-15)14-7-13(17(19)24)9-20-18(14)25/h2-3,6-9,21,23H,4-5,10H2,1H3,(H2,19,24)(H,20,25). The topological polar surface area (TPSA) is 115 Å². The number of nitrogens with one attached hydrogen (secondary N) is 2. The van der Waals surface area contributed by atoms with Crippen molar-refractivity contribution in [1.82, 2.24) is 14.9 Å². The number of carbonyl (C=O) groups excluding carboxylic acids is 1. The van der Waals surface area contributed by atoms with E-state index in [2.05, 4.69) is 9.97 Å². The van der Waals surface area contributed by atoms with Crippen LogP contribution in [0.5, 0.6) is 0 Å². The van der Waals surface area contributed by atoms with Crippen molar-refractivity contribution in [2.45, 2.75) is 6.54 Å². The number of fused-ring (bicyclic) bond motifs is 1. The second-order valence-corrected chi connectivity index (χ2v) is 6.06. The molecule has 0 atom stereocenters. The minimum atomic E-state index is -0.595. The van der Waals surface area contributed by atoms with Crippen molar-refractivity contribution < 1.29 is 9.90 Å². The lowest BCUT2D eigenvalue weighted by Gasteiger charge is -2.14. The number of carbonyl (C=O) groups is 1. The molecule has 0 aliphatic rings. The summed E-state index contributed by atoms with van der Waals surface area (Å²) in [6.45, 7) is 1.44. The van der Waals surface area contributed by atoms with E-state index in [1.54, 1.807) is 0 Å². The maximum Gasteiger partial charge on any atom is 0.257 e. The number of nitrogens with two attached hydrogens (primary N) is 1. The van der Waals surface area contributed by atoms with Gasteiger partial charge in [-0.1, -0.05) is 6.07 Å². The van der Waals surface area contributed by atoms with Crippen LogP contribution in [0.3, 0.4) is 0 Å². The molecule has 0 fully saturated rings. The highest BCUT2D eigenvalue weighted by molar-refractivity contribution is 5.94. The van der Waals surface area contributed by atoms with Gasteiger partial charge in [0.2, 0.25) is 5.91 Å². The van der Waals surface area contributed by atoms with Crippen LogP contribution in [0.15, 0.2) is 41.3 Å². The van der Waals surface area contributed by atoms with Crippen LogP contribution >= 0.6 is 0 Å². The monoisotopic (exact) mass is 340 g/mol. The van der Waals surface area contributed by atoms with E-state index in [9.17, 15) is 9.59 Å². The van der Waals surface area contributed by atoms with Gasteiger partial charge in [-0.15, -0.1) is 0 Å². The number of primary amides is 1. The molecule has 2 aromatic heterocycles. The molecule has 3 rings (SSSR count). The van der Waals surface area contributed by atoms with Gasteiger partial charge >= 0.3 is 0 Å². The van der Waals surface area contributed by atoms with E-state index in [4.69, 9.17) is 10.8 Å². The number of likely N-dealkylation sites (N-methyl/N-ethyl adjacent to an activating group) is 1. The predicted molar refractivity (Wildman–Crippen MR) is 96.3 cm³/mol. The SMILES string of the molecule is CN(CCO)Cc1ccc2[nH]c(-c3cc(C(N)=O)c[nH]c3=O)cc2c1. The first-order valence-corrected chi connectivity index (χ1v) is 7.92. The van der Waals surface area contributed by atoms with Crippen molar-refractivity contribution in [3.05, 3.63) is 58.0 Å². The van der Waals surface area contributed by atoms with Crippen LogP contribution in [0.2, 0.25) is 0 Å². The van der Waals surface area contributed by atoms with E-state index < -0.39 is 5.91 Å². The number of aliphatic hydroxyl groups is 1. The summed E-state index contributed by atoms with van der Waals surface area (Å²) in [6, 6.07) is 9.35. The largest absolute Gasteiger partial charge is 0.395 e. The second kappa shape index (κ2) is 6.92. The fraction of sp³-hybridized carbons (Fsp3) is 0.222. The number of amides is 1. The highest BCUT2D eigenvalue weighted by Gasteiger charge is 2.11. The number of rotatable bonds is 6. The summed E-state index contributed by atoms with van der Waals surface area (Å²) < 4.78 is 0. The van der Waals surface area contributed by atoms with Crippen molar-refractivity contribution in [2.24, 2.45) is 5.73 Å². The van der Waals surface area contributed by atoms with Crippen molar-refractivity contribution in [2.75, 3.05) is 20.2 Å². The van der Waals surface area contributed by atoms with Gasteiger partial charge in [0.05, 0.1) is 23.4 Å². The number of H-pyrrole nitrogens is 2. The molecule has 0 unspecified atom stereocenters. The molecule has 0 aliphatic carbocycles. The zero-order valence-electron chi connectivity index (χ0n) is 13.9. The average Bonchev–Trinajstić information content (AvgIpc) is 2.98. The van der Waals surface area contributed by atoms with Crippen LogP contribution in [0.1, 0.15) is 15.9 Å². The fourth-order valence-corrected chi connectivity index (χ4v) is 2.81. The first kappa shape index (κ1) is 16.9. The molecular weight excluding hydrogens is 320 g/mol. The summed E-state index contributed by atoms with van der Waals surface area (Å²) in [5, 5.41) is 9.96. The van der Waals surface area contributed by atoms with E-state index in [0.29, 0.717) is 17.8 Å². The zero-order valence-corrected chi connectivity index (χ0v) is 13.9. The third-order valence-corrected chi connectivity index (χ3v) is 4.10. The van der Waals surface area contributed by atoms with E-state index in [1.165, 1.54) is 12.3 Å². The van der Waals surface area contributed by atoms with Crippen LogP contribution in [0.25, 0.3) is 22.2 Å².